The molecule has 0 aliphatic carbocycles. The molecule has 0 amide bonds. The third-order valence-electron chi connectivity index (χ3n) is 1.96. The van der Waals surface area contributed by atoms with E-state index in [1.807, 2.05) is 24.4 Å². The molecule has 0 atom stereocenters. The van der Waals surface area contributed by atoms with Crippen LogP contribution in [0.4, 0.5) is 0 Å². The number of aromatic amines is 1. The van der Waals surface area contributed by atoms with Gasteiger partial charge in [0, 0.05) is 18.8 Å². The fourth-order valence-electron chi connectivity index (χ4n) is 1.27. The molecule has 0 fully saturated rings. The molecule has 1 radical (unpaired) electrons. The smallest absolute Gasteiger partial charge is 0.106 e. The lowest BCUT2D eigenvalue weighted by Gasteiger charge is -1.97. The predicted molar refractivity (Wildman–Crippen MR) is 51.3 cm³/mol. The molecule has 2 aromatic rings. The first-order valence-corrected chi connectivity index (χ1v) is 4.39. The van der Waals surface area contributed by atoms with Crippen molar-refractivity contribution >= 4 is 0 Å². The van der Waals surface area contributed by atoms with Crippen molar-refractivity contribution in [2.75, 3.05) is 0 Å². The van der Waals surface area contributed by atoms with E-state index in [0.29, 0.717) is 0 Å². The van der Waals surface area contributed by atoms with Gasteiger partial charge in [-0.05, 0) is 18.1 Å². The van der Waals surface area contributed by atoms with Gasteiger partial charge in [0.2, 0.25) is 0 Å². The van der Waals surface area contributed by atoms with E-state index >= 15 is 0 Å². The zero-order valence-electron chi connectivity index (χ0n) is 7.33. The summed E-state index contributed by atoms with van der Waals surface area (Å²) in [4.78, 5) is 7.24. The summed E-state index contributed by atoms with van der Waals surface area (Å²) in [5, 5.41) is 0. The highest BCUT2D eigenvalue weighted by molar-refractivity contribution is 5.13. The van der Waals surface area contributed by atoms with Crippen LogP contribution in [0.2, 0.25) is 0 Å². The summed E-state index contributed by atoms with van der Waals surface area (Å²) in [5.74, 6) is 1.04. The van der Waals surface area contributed by atoms with Crippen molar-refractivity contribution in [2.24, 2.45) is 0 Å². The third-order valence-corrected chi connectivity index (χ3v) is 1.96. The summed E-state index contributed by atoms with van der Waals surface area (Å²) < 4.78 is 0. The van der Waals surface area contributed by atoms with E-state index in [1.54, 1.807) is 6.20 Å². The van der Waals surface area contributed by atoms with Gasteiger partial charge in [0.05, 0.1) is 0 Å². The molecule has 0 bridgehead atoms. The topological polar surface area (TPSA) is 28.7 Å². The minimum atomic E-state index is 0.952. The van der Waals surface area contributed by atoms with Crippen molar-refractivity contribution in [1.29, 1.82) is 0 Å². The predicted octanol–water partition coefficient (Wildman–Crippen LogP) is 2.00. The van der Waals surface area contributed by atoms with Gasteiger partial charge in [-0.15, -0.1) is 0 Å². The van der Waals surface area contributed by atoms with Crippen molar-refractivity contribution in [3.8, 4) is 0 Å². The maximum absolute atomic E-state index is 4.16. The molecule has 2 rings (SSSR count). The molecule has 2 nitrogen and oxygen atoms in total. The van der Waals surface area contributed by atoms with E-state index in [1.165, 1.54) is 5.56 Å². The van der Waals surface area contributed by atoms with Crippen LogP contribution in [-0.2, 0) is 12.8 Å². The monoisotopic (exact) mass is 171 g/mol. The van der Waals surface area contributed by atoms with Crippen molar-refractivity contribution < 1.29 is 0 Å². The summed E-state index contributed by atoms with van der Waals surface area (Å²) in [6.45, 7) is 0. The van der Waals surface area contributed by atoms with Crippen LogP contribution in [0.15, 0.2) is 36.7 Å². The standard InChI is InChI=1S/C11H11N2/c1-2-4-10(5-3-1)6-7-11-12-8-9-13-11/h1-4,8-9H,6-7H2,(H,12,13). The van der Waals surface area contributed by atoms with Gasteiger partial charge in [-0.1, -0.05) is 24.3 Å². The highest BCUT2D eigenvalue weighted by atomic mass is 14.9. The van der Waals surface area contributed by atoms with Crippen molar-refractivity contribution in [3.63, 3.8) is 0 Å². The minimum absolute atomic E-state index is 0.952. The third kappa shape index (κ3) is 2.18. The molecule has 1 aromatic carbocycles. The van der Waals surface area contributed by atoms with Crippen molar-refractivity contribution in [1.82, 2.24) is 9.97 Å². The van der Waals surface area contributed by atoms with E-state index < -0.39 is 0 Å². The SMILES string of the molecule is [c]1ccccc1CCc1ncc[nH]1. The highest BCUT2D eigenvalue weighted by Crippen LogP contribution is 2.02. The number of benzene rings is 1. The molecule has 0 aliphatic rings. The molecule has 0 saturated carbocycles. The number of rotatable bonds is 3. The maximum atomic E-state index is 4.16. The summed E-state index contributed by atoms with van der Waals surface area (Å²) in [7, 11) is 0. The Kier molecular flexibility index (Phi) is 2.41. The summed E-state index contributed by atoms with van der Waals surface area (Å²) in [6.07, 6.45) is 5.58. The Morgan fingerprint density at radius 1 is 1.31 bits per heavy atom. The average Bonchev–Trinajstić information content (AvgIpc) is 2.69. The Morgan fingerprint density at radius 2 is 2.31 bits per heavy atom. The van der Waals surface area contributed by atoms with Gasteiger partial charge in [0.15, 0.2) is 0 Å². The Hall–Kier alpha value is -1.57. The molecule has 1 N–H and O–H groups in total. The summed E-state index contributed by atoms with van der Waals surface area (Å²) in [5.41, 5.74) is 1.24. The molecule has 1 heterocycles. The number of hydrogen-bond donors (Lipinski definition) is 1. The Morgan fingerprint density at radius 3 is 3.00 bits per heavy atom. The number of nitrogens with one attached hydrogen (secondary N) is 1. The number of aryl methyl sites for hydroxylation is 2. The second kappa shape index (κ2) is 3.90. The summed E-state index contributed by atoms with van der Waals surface area (Å²) >= 11 is 0. The number of imidazole rings is 1. The van der Waals surface area contributed by atoms with Crippen LogP contribution < -0.4 is 0 Å². The largest absolute Gasteiger partial charge is 0.349 e. The average molecular weight is 171 g/mol. The Bertz CT molecular complexity index is 338. The number of nitrogens with zero attached hydrogens (tertiary/aromatic N) is 1. The molecule has 0 saturated heterocycles. The molecular weight excluding hydrogens is 160 g/mol. The lowest BCUT2D eigenvalue weighted by molar-refractivity contribution is 0.883. The Labute approximate surface area is 77.6 Å². The lowest BCUT2D eigenvalue weighted by atomic mass is 10.1. The first kappa shape index (κ1) is 8.05. The quantitative estimate of drug-likeness (QED) is 0.751. The molecule has 0 unspecified atom stereocenters. The highest BCUT2D eigenvalue weighted by Gasteiger charge is 1.95. The van der Waals surface area contributed by atoms with E-state index in [0.717, 1.165) is 18.7 Å². The van der Waals surface area contributed by atoms with E-state index in [4.69, 9.17) is 0 Å². The molecular formula is C11H11N2. The fourth-order valence-corrected chi connectivity index (χ4v) is 1.27. The molecule has 65 valence electrons. The molecule has 2 heteroatoms. The minimum Gasteiger partial charge on any atom is -0.349 e. The number of hydrogen-bond acceptors (Lipinski definition) is 1. The zero-order chi connectivity index (χ0) is 8.93. The molecule has 0 spiro atoms. The normalized spacial score (nSPS) is 10.2. The second-order valence-corrected chi connectivity index (χ2v) is 2.92. The van der Waals surface area contributed by atoms with E-state index in [9.17, 15) is 0 Å². The molecule has 13 heavy (non-hydrogen) atoms. The van der Waals surface area contributed by atoms with Gasteiger partial charge >= 0.3 is 0 Å². The van der Waals surface area contributed by atoms with Gasteiger partial charge in [-0.2, -0.15) is 0 Å². The van der Waals surface area contributed by atoms with Gasteiger partial charge in [0.1, 0.15) is 5.82 Å². The lowest BCUT2D eigenvalue weighted by Crippen LogP contribution is -1.92. The van der Waals surface area contributed by atoms with Crippen LogP contribution in [0, 0.1) is 6.07 Å². The van der Waals surface area contributed by atoms with E-state index in [-0.39, 0.29) is 0 Å². The molecule has 1 aromatic heterocycles. The van der Waals surface area contributed by atoms with Gasteiger partial charge < -0.3 is 4.98 Å². The van der Waals surface area contributed by atoms with Crippen LogP contribution in [0.1, 0.15) is 11.4 Å². The van der Waals surface area contributed by atoms with Crippen molar-refractivity contribution in [2.45, 2.75) is 12.8 Å². The first-order chi connectivity index (χ1) is 6.45. The number of aromatic nitrogens is 2. The van der Waals surface area contributed by atoms with Crippen LogP contribution >= 0.6 is 0 Å². The van der Waals surface area contributed by atoms with Gasteiger partial charge in [-0.25, -0.2) is 4.98 Å². The summed E-state index contributed by atoms with van der Waals surface area (Å²) in [6, 6.07) is 11.2. The molecule has 0 aliphatic heterocycles. The van der Waals surface area contributed by atoms with Gasteiger partial charge in [-0.3, -0.25) is 0 Å². The maximum Gasteiger partial charge on any atom is 0.106 e. The van der Waals surface area contributed by atoms with Crippen LogP contribution in [0.5, 0.6) is 0 Å². The zero-order valence-corrected chi connectivity index (χ0v) is 7.33. The van der Waals surface area contributed by atoms with Gasteiger partial charge in [0.25, 0.3) is 0 Å². The van der Waals surface area contributed by atoms with Crippen LogP contribution in [0.3, 0.4) is 0 Å². The fraction of sp³-hybridized carbons (Fsp3) is 0.182. The Balaban J connectivity index is 1.94. The van der Waals surface area contributed by atoms with Crippen LogP contribution in [-0.4, -0.2) is 9.97 Å². The van der Waals surface area contributed by atoms with E-state index in [2.05, 4.69) is 22.1 Å². The number of H-pyrrole nitrogens is 1. The van der Waals surface area contributed by atoms with Crippen molar-refractivity contribution in [3.05, 3.63) is 54.1 Å². The first-order valence-electron chi connectivity index (χ1n) is 4.39. The second-order valence-electron chi connectivity index (χ2n) is 2.92. The van der Waals surface area contributed by atoms with Crippen LogP contribution in [0.25, 0.3) is 0 Å².